The first-order chi connectivity index (χ1) is 61.2. The molecular weight excluding hydrogens is 1670 g/mol. The Labute approximate surface area is 757 Å². The van der Waals surface area contributed by atoms with Crippen LogP contribution in [0.2, 0.25) is 10.0 Å². The van der Waals surface area contributed by atoms with E-state index in [1.54, 1.807) is 132 Å². The number of hydrogen-bond donors (Lipinski definition) is 4. The molecule has 11 aromatic rings. The van der Waals surface area contributed by atoms with Crippen molar-refractivity contribution in [2.45, 2.75) is 182 Å². The number of aryl methyl sites for hydroxylation is 1. The van der Waals surface area contributed by atoms with Gasteiger partial charge >= 0.3 is 24.1 Å². The minimum Gasteiger partial charge on any atom is -0.495 e. The number of anilines is 8. The minimum absolute atomic E-state index is 0.0170. The van der Waals surface area contributed by atoms with Crippen molar-refractivity contribution in [3.8, 4) is 22.8 Å². The molecule has 128 heavy (non-hydrogen) atoms. The third-order valence-electron chi connectivity index (χ3n) is 24.1. The van der Waals surface area contributed by atoms with Gasteiger partial charge in [-0.05, 0) is 161 Å². The van der Waals surface area contributed by atoms with Crippen molar-refractivity contribution in [2.24, 2.45) is 29.6 Å². The number of nitrogens with zero attached hydrogens (tertiary/aromatic N) is 24. The van der Waals surface area contributed by atoms with E-state index in [0.29, 0.717) is 113 Å². The number of rotatable bonds is 28. The van der Waals surface area contributed by atoms with Crippen molar-refractivity contribution >= 4 is 94.4 Å². The Morgan fingerprint density at radius 2 is 0.828 bits per heavy atom. The molecule has 33 nitrogen and oxygen atoms in total. The summed E-state index contributed by atoms with van der Waals surface area (Å²) in [6.07, 6.45) is 27.4. The maximum atomic E-state index is 13.8. The number of methoxy groups -OCH3 is 1. The summed E-state index contributed by atoms with van der Waals surface area (Å²) in [5, 5.41) is 14.0. The number of halogens is 3. The Balaban J connectivity index is 0.000000138. The zero-order valence-corrected chi connectivity index (χ0v) is 77.5. The molecule has 3 aromatic carbocycles. The summed E-state index contributed by atoms with van der Waals surface area (Å²) < 4.78 is 26.9. The van der Waals surface area contributed by atoms with Crippen LogP contribution in [0.3, 0.4) is 0 Å². The van der Waals surface area contributed by atoms with E-state index in [1.807, 2.05) is 83.5 Å². The summed E-state index contributed by atoms with van der Waals surface area (Å²) in [7, 11) is 8.86. The number of benzene rings is 3. The number of hydrogen-bond acceptors (Lipinski definition) is 21. The molecule has 8 amide bonds. The minimum atomic E-state index is -0.488. The monoisotopic (exact) mass is 1780 g/mol. The smallest absolute Gasteiger partial charge is 0.325 e. The maximum Gasteiger partial charge on any atom is 0.325 e. The largest absolute Gasteiger partial charge is 0.495 e. The molecule has 6 aliphatic rings. The number of imidazole rings is 4. The molecule has 0 bridgehead atoms. The fraction of sp³-hybridized carbons (Fsp3) is 0.457. The molecule has 12 heterocycles. The van der Waals surface area contributed by atoms with E-state index in [1.165, 1.54) is 30.5 Å². The topological polar surface area (TPSA) is 326 Å². The molecule has 0 spiro atoms. The molecule has 17 rings (SSSR count). The van der Waals surface area contributed by atoms with Gasteiger partial charge in [0.15, 0.2) is 0 Å². The van der Waals surface area contributed by atoms with Crippen LogP contribution in [-0.2, 0) is 12.1 Å². The molecule has 7 atom stereocenters. The summed E-state index contributed by atoms with van der Waals surface area (Å²) in [5.74, 6) is 7.04. The van der Waals surface area contributed by atoms with Gasteiger partial charge in [-0.15, -0.1) is 0 Å². The van der Waals surface area contributed by atoms with Crippen LogP contribution >= 0.6 is 23.2 Å². The van der Waals surface area contributed by atoms with Gasteiger partial charge in [0.05, 0.1) is 119 Å². The Bertz CT molecular complexity index is 5710. The Kier molecular flexibility index (Phi) is 28.2. The Hall–Kier alpha value is -12.6. The SMILES string of the molecule is CC(C)CCn1cnc([C@H](C)Nc2nccc(N3C(=O)N(C)C[C@@H]3C(C)C)n2)c1.CC(C)[C@H]1CN(C)C(=O)N1c1ccnc(NC2(c3cn(-c4cccc(C5CC5)c4)cn3)CC2)n1.CC(C)[C@H]1CN(C)C(=O)N1c1ccnc(N[C@@H](C)c2cn(-c3ccc(Cl)c(F)c3)cn2)n1.COc1cc(-n2cnc([C@H](C)Nc3nccc(N4C(=O)N(C)C[C@@H]4C(C)C)n3)c2)ccc1Cl. The number of aromatic nitrogens is 16. The first-order valence-corrected chi connectivity index (χ1v) is 44.6. The molecule has 0 radical (unpaired) electrons. The molecule has 8 aromatic heterocycles. The lowest BCUT2D eigenvalue weighted by Crippen LogP contribution is -2.38. The van der Waals surface area contributed by atoms with Gasteiger partial charge < -0.3 is 63.9 Å². The van der Waals surface area contributed by atoms with E-state index in [4.69, 9.17) is 37.9 Å². The molecule has 0 unspecified atom stereocenters. The molecule has 2 aliphatic carbocycles. The number of carbonyl (C=O) groups is 4. The zero-order valence-electron chi connectivity index (χ0n) is 76.0. The van der Waals surface area contributed by atoms with Crippen LogP contribution < -0.4 is 45.6 Å². The van der Waals surface area contributed by atoms with Gasteiger partial charge in [0.2, 0.25) is 23.8 Å². The number of carbonyl (C=O) groups excluding carboxylic acids is 4. The normalized spacial score (nSPS) is 18.5. The van der Waals surface area contributed by atoms with Crippen LogP contribution in [0.25, 0.3) is 17.1 Å². The first kappa shape index (κ1) is 91.6. The number of nitrogens with one attached hydrogen (secondary N) is 4. The zero-order chi connectivity index (χ0) is 91.3. The highest BCUT2D eigenvalue weighted by molar-refractivity contribution is 6.32. The summed E-state index contributed by atoms with van der Waals surface area (Å²) in [6, 6.07) is 25.7. The number of ether oxygens (including phenoxy) is 1. The standard InChI is InChI=1S/C26H31N7O.C23H28ClN7O2.C22H25ClFN7O.C21H33N7O/c1-17(2)21-14-31(3)25(34)33(21)23-9-12-27-24(29-23)30-26(10-11-26)22-15-32(16-28-22)20-6-4-5-19(13-20)18-7-8-18;1-14(2)19-12-29(4)23(32)31(19)21-8-9-25-22(28-21)27-15(3)18-11-30(13-26-18)16-6-7-17(24)20(10-16)33-5;1-13(2)19-11-29(4)22(32)31(19)20-7-8-25-21(28-20)27-14(3)18-10-30(12-26-18)15-5-6-16(23)17(24)9-15;1-14(2)8-10-27-11-17(23-13-27)16(5)24-20-22-9-7-19(25-20)28-18(15(3)4)12-26(6)21(28)29/h4-6,9,12-13,15-18,21H,7-8,10-11,14H2,1-3H3,(H,27,29,30);6-11,13-15,19H,12H2,1-5H3,(H,25,27,28);5-10,12-14,19H,11H2,1-4H3,(H,25,27,28);7,9,11,13-16,18H,8,10,12H2,1-6H3,(H,22,24,25)/t21-;15-,19+;14-,19+;16-,18+/m1000/s1. The van der Waals surface area contributed by atoms with Crippen molar-refractivity contribution in [3.05, 3.63) is 204 Å². The highest BCUT2D eigenvalue weighted by Crippen LogP contribution is 2.48. The average Bonchev–Trinajstić information content (AvgIpc) is 1.59. The lowest BCUT2D eigenvalue weighted by Gasteiger charge is -2.25. The van der Waals surface area contributed by atoms with Crippen LogP contribution in [0.15, 0.2) is 160 Å². The second kappa shape index (κ2) is 39.3. The van der Waals surface area contributed by atoms with Crippen LogP contribution in [0.1, 0.15) is 174 Å². The highest BCUT2D eigenvalue weighted by atomic mass is 35.5. The van der Waals surface area contributed by atoms with Crippen molar-refractivity contribution in [2.75, 3.05) is 102 Å². The molecule has 36 heteroatoms. The number of urea groups is 4. The molecule has 4 saturated heterocycles. The van der Waals surface area contributed by atoms with E-state index in [9.17, 15) is 23.6 Å². The van der Waals surface area contributed by atoms with E-state index in [-0.39, 0.29) is 82.9 Å². The van der Waals surface area contributed by atoms with Gasteiger partial charge in [0.1, 0.15) is 34.8 Å². The Morgan fingerprint density at radius 3 is 1.23 bits per heavy atom. The van der Waals surface area contributed by atoms with Gasteiger partial charge in [-0.2, -0.15) is 19.9 Å². The predicted octanol–water partition coefficient (Wildman–Crippen LogP) is 17.2. The van der Waals surface area contributed by atoms with Crippen LogP contribution in [0.5, 0.6) is 5.75 Å². The Morgan fingerprint density at radius 1 is 0.445 bits per heavy atom. The summed E-state index contributed by atoms with van der Waals surface area (Å²) in [4.78, 5) is 119. The van der Waals surface area contributed by atoms with E-state index in [2.05, 4.69) is 186 Å². The molecular formula is C92H117Cl2FN28O5. The molecule has 676 valence electrons. The van der Waals surface area contributed by atoms with Crippen molar-refractivity contribution in [3.63, 3.8) is 0 Å². The van der Waals surface area contributed by atoms with Gasteiger partial charge in [-0.3, -0.25) is 19.6 Å². The first-order valence-electron chi connectivity index (χ1n) is 43.8. The fourth-order valence-corrected chi connectivity index (χ4v) is 16.3. The van der Waals surface area contributed by atoms with Crippen molar-refractivity contribution in [1.82, 2.24) is 97.7 Å². The van der Waals surface area contributed by atoms with E-state index in [0.717, 1.165) is 65.9 Å². The molecule has 6 fully saturated rings. The van der Waals surface area contributed by atoms with Gasteiger partial charge in [-0.25, -0.2) is 63.4 Å². The molecule has 4 N–H and O–H groups in total. The highest BCUT2D eigenvalue weighted by Gasteiger charge is 2.48. The van der Waals surface area contributed by atoms with Gasteiger partial charge in [-0.1, -0.05) is 105 Å². The third kappa shape index (κ3) is 21.0. The number of amides is 8. The fourth-order valence-electron chi connectivity index (χ4n) is 16.0. The quantitative estimate of drug-likeness (QED) is 0.0354. The molecule has 4 aliphatic heterocycles. The molecule has 2 saturated carbocycles. The maximum absolute atomic E-state index is 13.8. The lowest BCUT2D eigenvalue weighted by atomic mass is 10.0. The van der Waals surface area contributed by atoms with Crippen molar-refractivity contribution in [1.29, 1.82) is 0 Å². The van der Waals surface area contributed by atoms with Crippen LogP contribution in [-0.4, -0.2) is 207 Å². The number of likely N-dealkylation sites (N-methyl/N-ethyl adjacent to an activating group) is 4. The van der Waals surface area contributed by atoms with E-state index >= 15 is 0 Å². The summed E-state index contributed by atoms with van der Waals surface area (Å²) in [5.41, 5.74) is 7.29. The van der Waals surface area contributed by atoms with Crippen molar-refractivity contribution < 1.29 is 28.3 Å². The van der Waals surface area contributed by atoms with Crippen LogP contribution in [0, 0.1) is 35.4 Å². The average molecular weight is 1790 g/mol. The van der Waals surface area contributed by atoms with Gasteiger partial charge in [0.25, 0.3) is 0 Å². The van der Waals surface area contributed by atoms with Gasteiger partial charge in [0, 0.05) is 128 Å². The second-order valence-corrected chi connectivity index (χ2v) is 36.5. The predicted molar refractivity (Wildman–Crippen MR) is 496 cm³/mol. The lowest BCUT2D eigenvalue weighted by molar-refractivity contribution is 0.228. The third-order valence-corrected chi connectivity index (χ3v) is 24.8. The van der Waals surface area contributed by atoms with E-state index < -0.39 is 5.82 Å². The second-order valence-electron chi connectivity index (χ2n) is 35.7. The van der Waals surface area contributed by atoms with Crippen LogP contribution in [0.4, 0.5) is 70.6 Å². The summed E-state index contributed by atoms with van der Waals surface area (Å²) in [6.45, 7) is 31.0. The summed E-state index contributed by atoms with van der Waals surface area (Å²) >= 11 is 11.9.